The van der Waals surface area contributed by atoms with Gasteiger partial charge in [0.1, 0.15) is 11.5 Å². The van der Waals surface area contributed by atoms with E-state index < -0.39 is 0 Å². The van der Waals surface area contributed by atoms with Gasteiger partial charge in [-0.3, -0.25) is 4.79 Å². The molecule has 0 bridgehead atoms. The molecule has 0 atom stereocenters. The SMILES string of the molecule is CCOc1ccc(OCC(=O)N2CCN(c3cccc(C)c3)CC2)cc1. The van der Waals surface area contributed by atoms with Gasteiger partial charge in [-0.15, -0.1) is 0 Å². The molecule has 0 radical (unpaired) electrons. The number of carbonyl (C=O) groups is 1. The van der Waals surface area contributed by atoms with E-state index in [-0.39, 0.29) is 12.5 Å². The molecule has 5 nitrogen and oxygen atoms in total. The fraction of sp³-hybridized carbons (Fsp3) is 0.381. The number of aryl methyl sites for hydroxylation is 1. The molecular formula is C21H26N2O3. The van der Waals surface area contributed by atoms with E-state index in [4.69, 9.17) is 9.47 Å². The molecule has 1 saturated heterocycles. The highest BCUT2D eigenvalue weighted by atomic mass is 16.5. The fourth-order valence-corrected chi connectivity index (χ4v) is 3.07. The average Bonchev–Trinajstić information content (AvgIpc) is 2.67. The monoisotopic (exact) mass is 354 g/mol. The second kappa shape index (κ2) is 8.61. The predicted molar refractivity (Wildman–Crippen MR) is 103 cm³/mol. The number of ether oxygens (including phenoxy) is 2. The molecule has 1 heterocycles. The summed E-state index contributed by atoms with van der Waals surface area (Å²) in [7, 11) is 0. The smallest absolute Gasteiger partial charge is 0.260 e. The van der Waals surface area contributed by atoms with Crippen LogP contribution in [0.1, 0.15) is 12.5 Å². The highest BCUT2D eigenvalue weighted by Gasteiger charge is 2.21. The third-order valence-electron chi connectivity index (χ3n) is 4.50. The Bertz CT molecular complexity index is 722. The number of amides is 1. The zero-order valence-corrected chi connectivity index (χ0v) is 15.5. The molecule has 3 rings (SSSR count). The van der Waals surface area contributed by atoms with Crippen molar-refractivity contribution < 1.29 is 14.3 Å². The Morgan fingerprint density at radius 1 is 0.962 bits per heavy atom. The van der Waals surface area contributed by atoms with Crippen LogP contribution in [0.5, 0.6) is 11.5 Å². The van der Waals surface area contributed by atoms with Gasteiger partial charge in [0.05, 0.1) is 6.61 Å². The minimum atomic E-state index is 0.0303. The normalized spacial score (nSPS) is 14.2. The molecule has 0 unspecified atom stereocenters. The van der Waals surface area contributed by atoms with E-state index in [0.29, 0.717) is 12.4 Å². The summed E-state index contributed by atoms with van der Waals surface area (Å²) < 4.78 is 11.0. The Hall–Kier alpha value is -2.69. The number of carbonyl (C=O) groups excluding carboxylic acids is 1. The van der Waals surface area contributed by atoms with Gasteiger partial charge in [0.2, 0.25) is 0 Å². The van der Waals surface area contributed by atoms with Crippen LogP contribution in [0.3, 0.4) is 0 Å². The number of piperazine rings is 1. The second-order valence-corrected chi connectivity index (χ2v) is 6.40. The van der Waals surface area contributed by atoms with Crippen LogP contribution in [-0.4, -0.2) is 50.2 Å². The van der Waals surface area contributed by atoms with Crippen molar-refractivity contribution in [2.75, 3.05) is 44.3 Å². The molecule has 2 aromatic carbocycles. The van der Waals surface area contributed by atoms with Gasteiger partial charge in [-0.05, 0) is 55.8 Å². The van der Waals surface area contributed by atoms with Crippen molar-refractivity contribution in [3.63, 3.8) is 0 Å². The van der Waals surface area contributed by atoms with E-state index >= 15 is 0 Å². The summed E-state index contributed by atoms with van der Waals surface area (Å²) in [5.74, 6) is 1.52. The first-order chi connectivity index (χ1) is 12.7. The van der Waals surface area contributed by atoms with Crippen LogP contribution in [0.4, 0.5) is 5.69 Å². The lowest BCUT2D eigenvalue weighted by atomic mass is 10.2. The van der Waals surface area contributed by atoms with Crippen molar-refractivity contribution >= 4 is 11.6 Å². The molecule has 26 heavy (non-hydrogen) atoms. The topological polar surface area (TPSA) is 42.0 Å². The number of benzene rings is 2. The summed E-state index contributed by atoms with van der Waals surface area (Å²) in [6.07, 6.45) is 0. The van der Waals surface area contributed by atoms with Crippen LogP contribution in [0, 0.1) is 6.92 Å². The van der Waals surface area contributed by atoms with Crippen molar-refractivity contribution in [2.24, 2.45) is 0 Å². The van der Waals surface area contributed by atoms with Gasteiger partial charge < -0.3 is 19.3 Å². The lowest BCUT2D eigenvalue weighted by Crippen LogP contribution is -2.50. The van der Waals surface area contributed by atoms with Gasteiger partial charge in [-0.1, -0.05) is 12.1 Å². The van der Waals surface area contributed by atoms with Crippen LogP contribution in [-0.2, 0) is 4.79 Å². The number of rotatable bonds is 6. The molecule has 2 aromatic rings. The molecule has 138 valence electrons. The zero-order valence-electron chi connectivity index (χ0n) is 15.5. The van der Waals surface area contributed by atoms with Gasteiger partial charge in [0.15, 0.2) is 6.61 Å². The van der Waals surface area contributed by atoms with Crippen molar-refractivity contribution in [1.29, 1.82) is 0 Å². The molecule has 5 heteroatoms. The molecule has 1 amide bonds. The van der Waals surface area contributed by atoms with Crippen molar-refractivity contribution in [2.45, 2.75) is 13.8 Å². The van der Waals surface area contributed by atoms with E-state index in [1.165, 1.54) is 11.3 Å². The maximum atomic E-state index is 12.4. The van der Waals surface area contributed by atoms with Crippen molar-refractivity contribution in [1.82, 2.24) is 4.90 Å². The number of nitrogens with zero attached hydrogens (tertiary/aromatic N) is 2. The van der Waals surface area contributed by atoms with E-state index in [2.05, 4.69) is 36.1 Å². The molecule has 0 spiro atoms. The van der Waals surface area contributed by atoms with Gasteiger partial charge in [0.25, 0.3) is 5.91 Å². The summed E-state index contributed by atoms with van der Waals surface area (Å²) in [5.41, 5.74) is 2.48. The van der Waals surface area contributed by atoms with Crippen LogP contribution in [0.25, 0.3) is 0 Å². The third kappa shape index (κ3) is 4.69. The summed E-state index contributed by atoms with van der Waals surface area (Å²) in [6, 6.07) is 15.8. The Kier molecular flexibility index (Phi) is 6.00. The quantitative estimate of drug-likeness (QED) is 0.799. The molecule has 1 aliphatic rings. The average molecular weight is 354 g/mol. The van der Waals surface area contributed by atoms with Gasteiger partial charge >= 0.3 is 0 Å². The Morgan fingerprint density at radius 2 is 1.62 bits per heavy atom. The zero-order chi connectivity index (χ0) is 18.4. The minimum absolute atomic E-state index is 0.0303. The molecule has 1 aliphatic heterocycles. The molecular weight excluding hydrogens is 328 g/mol. The molecule has 0 saturated carbocycles. The third-order valence-corrected chi connectivity index (χ3v) is 4.50. The minimum Gasteiger partial charge on any atom is -0.494 e. The molecule has 1 fully saturated rings. The summed E-state index contributed by atoms with van der Waals surface area (Å²) in [5, 5.41) is 0. The summed E-state index contributed by atoms with van der Waals surface area (Å²) >= 11 is 0. The van der Waals surface area contributed by atoms with E-state index in [0.717, 1.165) is 31.9 Å². The van der Waals surface area contributed by atoms with Gasteiger partial charge in [0, 0.05) is 31.9 Å². The van der Waals surface area contributed by atoms with Gasteiger partial charge in [-0.2, -0.15) is 0 Å². The maximum absolute atomic E-state index is 12.4. The van der Waals surface area contributed by atoms with E-state index in [1.54, 1.807) is 0 Å². The highest BCUT2D eigenvalue weighted by Crippen LogP contribution is 2.19. The molecule has 0 aliphatic carbocycles. The van der Waals surface area contributed by atoms with Gasteiger partial charge in [-0.25, -0.2) is 0 Å². The lowest BCUT2D eigenvalue weighted by molar-refractivity contribution is -0.133. The first-order valence-electron chi connectivity index (χ1n) is 9.11. The first kappa shape index (κ1) is 18.1. The second-order valence-electron chi connectivity index (χ2n) is 6.40. The van der Waals surface area contributed by atoms with Crippen LogP contribution in [0.2, 0.25) is 0 Å². The van der Waals surface area contributed by atoms with Crippen LogP contribution in [0.15, 0.2) is 48.5 Å². The fourth-order valence-electron chi connectivity index (χ4n) is 3.07. The van der Waals surface area contributed by atoms with E-state index in [1.807, 2.05) is 36.1 Å². The number of anilines is 1. The van der Waals surface area contributed by atoms with Crippen LogP contribution >= 0.6 is 0 Å². The summed E-state index contributed by atoms with van der Waals surface area (Å²) in [4.78, 5) is 16.6. The highest BCUT2D eigenvalue weighted by molar-refractivity contribution is 5.78. The summed E-state index contributed by atoms with van der Waals surface area (Å²) in [6.45, 7) is 7.88. The molecule has 0 N–H and O–H groups in total. The Morgan fingerprint density at radius 3 is 2.23 bits per heavy atom. The Balaban J connectivity index is 1.46. The van der Waals surface area contributed by atoms with Crippen molar-refractivity contribution in [3.05, 3.63) is 54.1 Å². The Labute approximate surface area is 155 Å². The number of hydrogen-bond acceptors (Lipinski definition) is 4. The number of hydrogen-bond donors (Lipinski definition) is 0. The van der Waals surface area contributed by atoms with Crippen molar-refractivity contribution in [3.8, 4) is 11.5 Å². The molecule has 0 aromatic heterocycles. The first-order valence-corrected chi connectivity index (χ1v) is 9.11. The predicted octanol–water partition coefficient (Wildman–Crippen LogP) is 3.12. The largest absolute Gasteiger partial charge is 0.494 e. The van der Waals surface area contributed by atoms with Crippen LogP contribution < -0.4 is 14.4 Å². The van der Waals surface area contributed by atoms with E-state index in [9.17, 15) is 4.79 Å². The maximum Gasteiger partial charge on any atom is 0.260 e. The standard InChI is InChI=1S/C21H26N2O3/c1-3-25-19-7-9-20(10-8-19)26-16-21(24)23-13-11-22(12-14-23)18-6-4-5-17(2)15-18/h4-10,15H,3,11-14,16H2,1-2H3. The lowest BCUT2D eigenvalue weighted by Gasteiger charge is -2.36.